The molecule has 0 fully saturated rings. The van der Waals surface area contributed by atoms with Crippen LogP contribution in [0, 0.1) is 20.8 Å². The Kier molecular flexibility index (Phi) is 6.44. The van der Waals surface area contributed by atoms with Crippen LogP contribution in [-0.4, -0.2) is 28.6 Å². The maximum atomic E-state index is 12.3. The number of esters is 1. The molecule has 0 unspecified atom stereocenters. The van der Waals surface area contributed by atoms with Crippen LogP contribution < -0.4 is 5.32 Å². The number of aromatic nitrogens is 1. The SMILES string of the molecule is Cc1cccc(C(C)C)c1NC(=O)COC(=O)c1[nH]c(C)c([C@@H](C)O)c1C. The number of amides is 1. The highest BCUT2D eigenvalue weighted by Crippen LogP contribution is 2.27. The highest BCUT2D eigenvalue weighted by Gasteiger charge is 2.22. The molecule has 0 radical (unpaired) electrons. The van der Waals surface area contributed by atoms with Gasteiger partial charge in [-0.25, -0.2) is 4.79 Å². The number of H-pyrrole nitrogens is 1. The van der Waals surface area contributed by atoms with Gasteiger partial charge >= 0.3 is 5.97 Å². The maximum absolute atomic E-state index is 12.3. The Labute approximate surface area is 159 Å². The average molecular weight is 372 g/mol. The van der Waals surface area contributed by atoms with Crippen LogP contribution >= 0.6 is 0 Å². The monoisotopic (exact) mass is 372 g/mol. The fourth-order valence-electron chi connectivity index (χ4n) is 3.32. The molecule has 6 heteroatoms. The van der Waals surface area contributed by atoms with Crippen molar-refractivity contribution in [2.75, 3.05) is 11.9 Å². The predicted molar refractivity (Wildman–Crippen MR) is 105 cm³/mol. The van der Waals surface area contributed by atoms with Crippen LogP contribution in [0.15, 0.2) is 18.2 Å². The summed E-state index contributed by atoms with van der Waals surface area (Å²) in [6.07, 6.45) is -0.693. The topological polar surface area (TPSA) is 91.4 Å². The Morgan fingerprint density at radius 3 is 2.41 bits per heavy atom. The second kappa shape index (κ2) is 8.39. The molecule has 0 aliphatic carbocycles. The third kappa shape index (κ3) is 4.57. The highest BCUT2D eigenvalue weighted by molar-refractivity contribution is 5.96. The molecule has 0 spiro atoms. The van der Waals surface area contributed by atoms with Gasteiger partial charge in [-0.3, -0.25) is 4.79 Å². The van der Waals surface area contributed by atoms with Gasteiger partial charge in [-0.2, -0.15) is 0 Å². The van der Waals surface area contributed by atoms with Crippen molar-refractivity contribution in [2.24, 2.45) is 0 Å². The average Bonchev–Trinajstić information content (AvgIpc) is 2.88. The zero-order valence-corrected chi connectivity index (χ0v) is 16.8. The number of aliphatic hydroxyl groups excluding tert-OH is 1. The van der Waals surface area contributed by atoms with Crippen LogP contribution in [0.25, 0.3) is 0 Å². The Morgan fingerprint density at radius 2 is 1.85 bits per heavy atom. The van der Waals surface area contributed by atoms with E-state index in [0.29, 0.717) is 16.8 Å². The lowest BCUT2D eigenvalue weighted by Crippen LogP contribution is -2.22. The number of aryl methyl sites for hydroxylation is 2. The summed E-state index contributed by atoms with van der Waals surface area (Å²) in [5, 5.41) is 12.7. The Hall–Kier alpha value is -2.60. The van der Waals surface area contributed by atoms with E-state index < -0.39 is 18.0 Å². The van der Waals surface area contributed by atoms with E-state index >= 15 is 0 Å². The van der Waals surface area contributed by atoms with E-state index in [0.717, 1.165) is 16.8 Å². The molecule has 0 aliphatic heterocycles. The van der Waals surface area contributed by atoms with Crippen molar-refractivity contribution in [3.8, 4) is 0 Å². The van der Waals surface area contributed by atoms with Crippen LogP contribution in [0.1, 0.15) is 71.2 Å². The minimum absolute atomic E-state index is 0.256. The summed E-state index contributed by atoms with van der Waals surface area (Å²) in [6, 6.07) is 5.86. The van der Waals surface area contributed by atoms with Gasteiger partial charge in [0.1, 0.15) is 5.69 Å². The summed E-state index contributed by atoms with van der Waals surface area (Å²) < 4.78 is 5.17. The molecule has 1 heterocycles. The van der Waals surface area contributed by atoms with Gasteiger partial charge in [0.2, 0.25) is 0 Å². The maximum Gasteiger partial charge on any atom is 0.355 e. The molecule has 3 N–H and O–H groups in total. The van der Waals surface area contributed by atoms with E-state index in [1.54, 1.807) is 20.8 Å². The van der Waals surface area contributed by atoms with Gasteiger partial charge in [0.05, 0.1) is 6.10 Å². The molecule has 1 aromatic heterocycles. The first-order chi connectivity index (χ1) is 12.6. The normalized spacial score (nSPS) is 12.1. The molecule has 2 aromatic rings. The minimum atomic E-state index is -0.693. The zero-order valence-electron chi connectivity index (χ0n) is 16.8. The van der Waals surface area contributed by atoms with Crippen LogP contribution in [0.3, 0.4) is 0 Å². The number of aromatic amines is 1. The fraction of sp³-hybridized carbons (Fsp3) is 0.429. The van der Waals surface area contributed by atoms with Crippen molar-refractivity contribution in [1.29, 1.82) is 0 Å². The van der Waals surface area contributed by atoms with Gasteiger partial charge in [0, 0.05) is 16.9 Å². The van der Waals surface area contributed by atoms with Crippen LogP contribution in [-0.2, 0) is 9.53 Å². The lowest BCUT2D eigenvalue weighted by Gasteiger charge is -2.16. The van der Waals surface area contributed by atoms with E-state index in [2.05, 4.69) is 24.1 Å². The second-order valence-corrected chi connectivity index (χ2v) is 7.16. The number of benzene rings is 1. The molecule has 1 amide bonds. The Morgan fingerprint density at radius 1 is 1.19 bits per heavy atom. The summed E-state index contributed by atoms with van der Waals surface area (Å²) in [6.45, 7) is 10.8. The molecule has 146 valence electrons. The number of aliphatic hydroxyl groups is 1. The molecule has 0 aliphatic rings. The van der Waals surface area contributed by atoms with E-state index in [9.17, 15) is 14.7 Å². The van der Waals surface area contributed by atoms with Gasteiger partial charge < -0.3 is 20.1 Å². The number of anilines is 1. The van der Waals surface area contributed by atoms with Crippen molar-refractivity contribution in [3.63, 3.8) is 0 Å². The Bertz CT molecular complexity index is 850. The van der Waals surface area contributed by atoms with Crippen molar-refractivity contribution in [2.45, 2.75) is 53.6 Å². The number of hydrogen-bond acceptors (Lipinski definition) is 4. The molecular weight excluding hydrogens is 344 g/mol. The molecule has 2 rings (SSSR count). The molecule has 1 aromatic carbocycles. The van der Waals surface area contributed by atoms with Crippen LogP contribution in [0.5, 0.6) is 0 Å². The number of rotatable bonds is 6. The third-order valence-corrected chi connectivity index (χ3v) is 4.64. The first-order valence-electron chi connectivity index (χ1n) is 9.07. The van der Waals surface area contributed by atoms with E-state index in [1.165, 1.54) is 0 Å². The first-order valence-corrected chi connectivity index (χ1v) is 9.07. The number of para-hydroxylation sites is 1. The van der Waals surface area contributed by atoms with Gasteiger partial charge in [-0.05, 0) is 50.3 Å². The van der Waals surface area contributed by atoms with E-state index in [4.69, 9.17) is 4.74 Å². The zero-order chi connectivity index (χ0) is 20.3. The molecule has 27 heavy (non-hydrogen) atoms. The van der Waals surface area contributed by atoms with Gasteiger partial charge in [0.25, 0.3) is 5.91 Å². The number of carbonyl (C=O) groups is 2. The lowest BCUT2D eigenvalue weighted by molar-refractivity contribution is -0.119. The standard InChI is InChI=1S/C21H28N2O4/c1-11(2)16-9-7-8-12(3)19(16)23-17(25)10-27-21(26)20-13(4)18(15(6)24)14(5)22-20/h7-9,11,15,22,24H,10H2,1-6H3,(H,23,25)/t15-/m1/s1. The van der Waals surface area contributed by atoms with E-state index in [-0.39, 0.29) is 18.2 Å². The third-order valence-electron chi connectivity index (χ3n) is 4.64. The number of hydrogen-bond donors (Lipinski definition) is 3. The predicted octanol–water partition coefficient (Wildman–Crippen LogP) is 3.91. The molecule has 1 atom stereocenters. The smallest absolute Gasteiger partial charge is 0.355 e. The molecule has 0 saturated heterocycles. The lowest BCUT2D eigenvalue weighted by atomic mass is 9.98. The summed E-state index contributed by atoms with van der Waals surface area (Å²) in [5.74, 6) is -0.756. The molecule has 0 bridgehead atoms. The van der Waals surface area contributed by atoms with Gasteiger partial charge in [-0.15, -0.1) is 0 Å². The Balaban J connectivity index is 2.07. The highest BCUT2D eigenvalue weighted by atomic mass is 16.5. The van der Waals surface area contributed by atoms with Crippen LogP contribution in [0.4, 0.5) is 5.69 Å². The van der Waals surface area contributed by atoms with Crippen molar-refractivity contribution < 1.29 is 19.4 Å². The van der Waals surface area contributed by atoms with E-state index in [1.807, 2.05) is 25.1 Å². The number of carbonyl (C=O) groups excluding carboxylic acids is 2. The molecule has 6 nitrogen and oxygen atoms in total. The molecular formula is C21H28N2O4. The summed E-state index contributed by atoms with van der Waals surface area (Å²) in [5.41, 5.74) is 5.03. The second-order valence-electron chi connectivity index (χ2n) is 7.16. The fourth-order valence-corrected chi connectivity index (χ4v) is 3.32. The number of nitrogens with one attached hydrogen (secondary N) is 2. The number of ether oxygens (including phenoxy) is 1. The van der Waals surface area contributed by atoms with Crippen molar-refractivity contribution in [1.82, 2.24) is 4.98 Å². The quantitative estimate of drug-likeness (QED) is 0.671. The minimum Gasteiger partial charge on any atom is -0.451 e. The van der Waals surface area contributed by atoms with Gasteiger partial charge in [0.15, 0.2) is 6.61 Å². The summed E-state index contributed by atoms with van der Waals surface area (Å²) in [4.78, 5) is 27.6. The first kappa shape index (κ1) is 20.7. The largest absolute Gasteiger partial charge is 0.451 e. The molecule has 0 saturated carbocycles. The van der Waals surface area contributed by atoms with Crippen LogP contribution in [0.2, 0.25) is 0 Å². The van der Waals surface area contributed by atoms with Crippen molar-refractivity contribution in [3.05, 3.63) is 51.8 Å². The summed E-state index contributed by atoms with van der Waals surface area (Å²) >= 11 is 0. The van der Waals surface area contributed by atoms with Gasteiger partial charge in [-0.1, -0.05) is 32.0 Å². The summed E-state index contributed by atoms with van der Waals surface area (Å²) in [7, 11) is 0. The van der Waals surface area contributed by atoms with Crippen molar-refractivity contribution >= 4 is 17.6 Å².